The minimum Gasteiger partial charge on any atom is -0.507 e. The molecule has 15 nitrogen and oxygen atoms in total. The van der Waals surface area contributed by atoms with Gasteiger partial charge in [-0.3, -0.25) is 19.2 Å². The fourth-order valence-corrected chi connectivity index (χ4v) is 6.60. The Kier molecular flexibility index (Phi) is 12.0. The van der Waals surface area contributed by atoms with Gasteiger partial charge in [0.15, 0.2) is 23.6 Å². The Morgan fingerprint density at radius 2 is 1.54 bits per heavy atom. The highest BCUT2D eigenvalue weighted by Gasteiger charge is 2.49. The van der Waals surface area contributed by atoms with E-state index in [-0.39, 0.29) is 54.7 Å². The van der Waals surface area contributed by atoms with Gasteiger partial charge in [-0.1, -0.05) is 24.3 Å². The van der Waals surface area contributed by atoms with Crippen LogP contribution < -0.4 is 11.1 Å². The summed E-state index contributed by atoms with van der Waals surface area (Å²) in [6, 6.07) is 5.18. The number of carbonyl (C=O) groups excluding carboxylic acids is 4. The van der Waals surface area contributed by atoms with Crippen molar-refractivity contribution in [1.29, 1.82) is 0 Å². The molecule has 2 aliphatic carbocycles. The molecule has 6 atom stereocenters. The third kappa shape index (κ3) is 7.75. The van der Waals surface area contributed by atoms with Gasteiger partial charge in [-0.15, -0.1) is 0 Å². The largest absolute Gasteiger partial charge is 0.507 e. The van der Waals surface area contributed by atoms with Crippen molar-refractivity contribution >= 4 is 23.3 Å². The first-order valence-electron chi connectivity index (χ1n) is 16.6. The summed E-state index contributed by atoms with van der Waals surface area (Å²) in [4.78, 5) is 52.5. The van der Waals surface area contributed by atoms with E-state index < -0.39 is 88.5 Å². The number of Topliss-reactive ketones (excluding diaryl/α,β-unsaturated/α-hetero) is 1. The molecule has 3 aliphatic rings. The molecule has 0 bridgehead atoms. The first kappa shape index (κ1) is 37.5. The van der Waals surface area contributed by atoms with E-state index in [1.165, 1.54) is 19.1 Å². The number of aliphatic hydroxyl groups excluding tert-OH is 1. The number of nitrogens with one attached hydrogen (secondary N) is 1. The van der Waals surface area contributed by atoms with Gasteiger partial charge in [0.2, 0.25) is 5.91 Å². The first-order chi connectivity index (χ1) is 23.9. The number of nitrogens with two attached hydrogens (primary N) is 1. The molecule has 0 saturated carbocycles. The summed E-state index contributed by atoms with van der Waals surface area (Å²) in [7, 11) is 0. The van der Waals surface area contributed by atoms with E-state index in [1.54, 1.807) is 19.1 Å². The van der Waals surface area contributed by atoms with E-state index in [0.29, 0.717) is 33.0 Å². The topological polar surface area (TPSA) is 233 Å². The number of ether oxygens (including phenoxy) is 5. The Labute approximate surface area is 288 Å². The molecule has 1 amide bonds. The van der Waals surface area contributed by atoms with E-state index in [2.05, 4.69) is 5.32 Å². The number of aromatic hydroxyl groups is 2. The molecule has 6 unspecified atom stereocenters. The minimum atomic E-state index is -2.06. The number of ketones is 3. The summed E-state index contributed by atoms with van der Waals surface area (Å²) in [5, 5.41) is 48.0. The predicted octanol–water partition coefficient (Wildman–Crippen LogP) is 0.576. The van der Waals surface area contributed by atoms with Gasteiger partial charge in [-0.25, -0.2) is 0 Å². The van der Waals surface area contributed by atoms with Crippen LogP contribution in [0.15, 0.2) is 24.3 Å². The van der Waals surface area contributed by atoms with Crippen molar-refractivity contribution in [2.75, 3.05) is 46.2 Å². The van der Waals surface area contributed by atoms with Gasteiger partial charge in [0.1, 0.15) is 23.2 Å². The Balaban J connectivity index is 1.30. The van der Waals surface area contributed by atoms with Crippen molar-refractivity contribution in [3.05, 3.63) is 57.6 Å². The number of amides is 1. The van der Waals surface area contributed by atoms with E-state index >= 15 is 0 Å². The molecule has 1 saturated heterocycles. The minimum absolute atomic E-state index is 0.000621. The van der Waals surface area contributed by atoms with Gasteiger partial charge in [0.05, 0.1) is 69.0 Å². The lowest BCUT2D eigenvalue weighted by Gasteiger charge is -2.42. The van der Waals surface area contributed by atoms with Crippen LogP contribution in [0.2, 0.25) is 0 Å². The summed E-state index contributed by atoms with van der Waals surface area (Å²) in [6.07, 6.45) is -5.30. The quantitative estimate of drug-likeness (QED) is 0.0941. The molecule has 2 aromatic rings. The van der Waals surface area contributed by atoms with Crippen LogP contribution >= 0.6 is 0 Å². The molecular formula is C35H44N2O13. The zero-order valence-electron chi connectivity index (χ0n) is 28.0. The average molecular weight is 701 g/mol. The molecule has 1 heterocycles. The Hall–Kier alpha value is -3.80. The molecular weight excluding hydrogens is 656 g/mol. The zero-order chi connectivity index (χ0) is 36.2. The number of hydrogen-bond acceptors (Lipinski definition) is 14. The van der Waals surface area contributed by atoms with Crippen molar-refractivity contribution in [1.82, 2.24) is 5.32 Å². The molecule has 2 aromatic carbocycles. The lowest BCUT2D eigenvalue weighted by atomic mass is 9.72. The Morgan fingerprint density at radius 3 is 2.14 bits per heavy atom. The van der Waals surface area contributed by atoms with Crippen molar-refractivity contribution in [3.8, 4) is 11.5 Å². The standard InChI is InChI=1S/C35H44N2O13/c1-18-30(40)23(37-25(39)7-9-46-11-13-48-14-12-47-10-8-36)15-26(49-18)50-24-17-35(45,19(2)38)16-22-27(24)34(44)29-28(33(22)43)31(41)20-5-3-4-6-21(20)32(29)42/h3-6,18,23-24,26,30,40,43-45H,7-17,36H2,1-2H3,(H,37,39). The van der Waals surface area contributed by atoms with Gasteiger partial charge < -0.3 is 55.2 Å². The van der Waals surface area contributed by atoms with Crippen LogP contribution in [0.5, 0.6) is 11.5 Å². The molecule has 0 radical (unpaired) electrons. The van der Waals surface area contributed by atoms with Gasteiger partial charge in [0, 0.05) is 54.5 Å². The predicted molar refractivity (Wildman–Crippen MR) is 174 cm³/mol. The number of phenols is 2. The van der Waals surface area contributed by atoms with Crippen LogP contribution in [0.1, 0.15) is 82.2 Å². The van der Waals surface area contributed by atoms with Crippen molar-refractivity contribution in [2.24, 2.45) is 5.73 Å². The Morgan fingerprint density at radius 1 is 0.960 bits per heavy atom. The number of fused-ring (bicyclic) bond motifs is 3. The second-order valence-corrected chi connectivity index (χ2v) is 12.7. The maximum atomic E-state index is 13.6. The molecule has 1 aliphatic heterocycles. The number of phenolic OH excluding ortho intramolecular Hbond substituents is 2. The average Bonchev–Trinajstić information content (AvgIpc) is 3.08. The normalized spacial score (nSPS) is 25.8. The molecule has 15 heteroatoms. The first-order valence-corrected chi connectivity index (χ1v) is 16.6. The van der Waals surface area contributed by atoms with E-state index in [1.807, 2.05) is 0 Å². The van der Waals surface area contributed by atoms with Gasteiger partial charge in [-0.05, 0) is 13.8 Å². The third-order valence-corrected chi connectivity index (χ3v) is 9.28. The lowest BCUT2D eigenvalue weighted by Crippen LogP contribution is -2.55. The fourth-order valence-electron chi connectivity index (χ4n) is 6.60. The molecule has 50 heavy (non-hydrogen) atoms. The highest BCUT2D eigenvalue weighted by atomic mass is 16.7. The molecule has 272 valence electrons. The van der Waals surface area contributed by atoms with Gasteiger partial charge >= 0.3 is 0 Å². The third-order valence-electron chi connectivity index (χ3n) is 9.28. The van der Waals surface area contributed by atoms with Crippen molar-refractivity contribution in [3.63, 3.8) is 0 Å². The summed E-state index contributed by atoms with van der Waals surface area (Å²) in [5.74, 6) is -3.68. The number of rotatable bonds is 15. The highest BCUT2D eigenvalue weighted by Crippen LogP contribution is 2.52. The van der Waals surface area contributed by atoms with Crippen LogP contribution in [-0.2, 0) is 39.7 Å². The molecule has 5 rings (SSSR count). The van der Waals surface area contributed by atoms with Crippen LogP contribution in [0.3, 0.4) is 0 Å². The Bertz CT molecular complexity index is 1610. The number of hydrogen-bond donors (Lipinski definition) is 6. The van der Waals surface area contributed by atoms with Crippen LogP contribution in [0, 0.1) is 0 Å². The van der Waals surface area contributed by atoms with E-state index in [9.17, 15) is 39.6 Å². The van der Waals surface area contributed by atoms with E-state index in [0.717, 1.165) is 0 Å². The summed E-state index contributed by atoms with van der Waals surface area (Å²) in [5.41, 5.74) is 2.37. The maximum Gasteiger partial charge on any atom is 0.222 e. The highest BCUT2D eigenvalue weighted by molar-refractivity contribution is 6.30. The lowest BCUT2D eigenvalue weighted by molar-refractivity contribution is -0.249. The molecule has 1 fully saturated rings. The number of aliphatic hydroxyl groups is 2. The van der Waals surface area contributed by atoms with Crippen LogP contribution in [-0.4, -0.2) is 120 Å². The van der Waals surface area contributed by atoms with Crippen molar-refractivity contribution in [2.45, 2.75) is 75.8 Å². The number of carbonyl (C=O) groups is 4. The second kappa shape index (κ2) is 16.0. The maximum absolute atomic E-state index is 13.6. The smallest absolute Gasteiger partial charge is 0.222 e. The van der Waals surface area contributed by atoms with Gasteiger partial charge in [0.25, 0.3) is 0 Å². The summed E-state index contributed by atoms with van der Waals surface area (Å²) < 4.78 is 28.2. The fraction of sp³-hybridized carbons (Fsp3) is 0.543. The van der Waals surface area contributed by atoms with Crippen molar-refractivity contribution < 1.29 is 63.3 Å². The van der Waals surface area contributed by atoms with Crippen LogP contribution in [0.4, 0.5) is 0 Å². The monoisotopic (exact) mass is 700 g/mol. The summed E-state index contributed by atoms with van der Waals surface area (Å²) >= 11 is 0. The molecule has 0 spiro atoms. The van der Waals surface area contributed by atoms with Crippen LogP contribution in [0.25, 0.3) is 0 Å². The summed E-state index contributed by atoms with van der Waals surface area (Å²) in [6.45, 7) is 5.14. The SMILES string of the molecule is CC(=O)C1(O)Cc2c(O)c3c(c(O)c2C(OC2CC(NC(=O)CCOCCOCCOCCN)C(O)C(C)O2)C1)C(=O)c1ccccc1C3=O. The number of benzene rings is 2. The van der Waals surface area contributed by atoms with Gasteiger partial charge in [-0.2, -0.15) is 0 Å². The second-order valence-electron chi connectivity index (χ2n) is 12.7. The molecule has 7 N–H and O–H groups in total. The molecule has 0 aromatic heterocycles. The zero-order valence-corrected chi connectivity index (χ0v) is 28.0. The van der Waals surface area contributed by atoms with E-state index in [4.69, 9.17) is 29.4 Å².